The summed E-state index contributed by atoms with van der Waals surface area (Å²) in [4.78, 5) is 38.1. The van der Waals surface area contributed by atoms with Crippen LogP contribution in [0, 0.1) is 0 Å². The van der Waals surface area contributed by atoms with Gasteiger partial charge in [0.15, 0.2) is 0 Å². The molecule has 0 bridgehead atoms. The van der Waals surface area contributed by atoms with E-state index in [2.05, 4.69) is 5.32 Å². The van der Waals surface area contributed by atoms with E-state index in [1.807, 2.05) is 49.4 Å². The second-order valence-corrected chi connectivity index (χ2v) is 6.51. The maximum absolute atomic E-state index is 12.9. The molecular weight excluding hydrogens is 332 g/mol. The van der Waals surface area contributed by atoms with Crippen LogP contribution in [0.25, 0.3) is 0 Å². The zero-order valence-corrected chi connectivity index (χ0v) is 15.5. The number of carbonyl (C=O) groups is 3. The molecule has 1 aliphatic rings. The van der Waals surface area contributed by atoms with E-state index in [9.17, 15) is 14.4 Å². The Balaban J connectivity index is 2.34. The van der Waals surface area contributed by atoms with Crippen LogP contribution < -0.4 is 5.32 Å². The van der Waals surface area contributed by atoms with Crippen LogP contribution in [0.2, 0.25) is 0 Å². The lowest BCUT2D eigenvalue weighted by atomic mass is 10.0. The number of nitrogens with one attached hydrogen (secondary N) is 1. The Labute approximate surface area is 154 Å². The summed E-state index contributed by atoms with van der Waals surface area (Å²) in [7, 11) is 1.67. The smallest absolute Gasteiger partial charge is 0.306 e. The van der Waals surface area contributed by atoms with Crippen LogP contribution in [0.3, 0.4) is 0 Å². The van der Waals surface area contributed by atoms with E-state index in [4.69, 9.17) is 4.74 Å². The van der Waals surface area contributed by atoms with Crippen LogP contribution >= 0.6 is 0 Å². The summed E-state index contributed by atoms with van der Waals surface area (Å²) in [6.07, 6.45) is 4.28. The number of esters is 1. The third-order valence-electron chi connectivity index (χ3n) is 4.51. The van der Waals surface area contributed by atoms with Crippen molar-refractivity contribution in [3.8, 4) is 0 Å². The highest BCUT2D eigenvalue weighted by Crippen LogP contribution is 2.26. The highest BCUT2D eigenvalue weighted by Gasteiger charge is 2.32. The molecule has 0 saturated carbocycles. The monoisotopic (exact) mass is 358 g/mol. The van der Waals surface area contributed by atoms with E-state index >= 15 is 0 Å². The van der Waals surface area contributed by atoms with Crippen molar-refractivity contribution in [2.24, 2.45) is 0 Å². The molecule has 2 rings (SSSR count). The van der Waals surface area contributed by atoms with Gasteiger partial charge in [-0.25, -0.2) is 0 Å². The van der Waals surface area contributed by atoms with Crippen molar-refractivity contribution < 1.29 is 19.1 Å². The summed E-state index contributed by atoms with van der Waals surface area (Å²) >= 11 is 0. The molecule has 0 saturated heterocycles. The number of hydrogen-bond acceptors (Lipinski definition) is 4. The Morgan fingerprint density at radius 2 is 1.88 bits per heavy atom. The Morgan fingerprint density at radius 3 is 2.54 bits per heavy atom. The van der Waals surface area contributed by atoms with Gasteiger partial charge in [-0.3, -0.25) is 14.4 Å². The van der Waals surface area contributed by atoms with E-state index in [0.29, 0.717) is 12.8 Å². The molecule has 0 radical (unpaired) electrons. The van der Waals surface area contributed by atoms with Crippen LogP contribution in [0.15, 0.2) is 42.5 Å². The van der Waals surface area contributed by atoms with Crippen LogP contribution in [0.1, 0.15) is 44.8 Å². The van der Waals surface area contributed by atoms with Gasteiger partial charge in [-0.1, -0.05) is 42.5 Å². The molecule has 0 aromatic heterocycles. The molecule has 1 aromatic rings. The van der Waals surface area contributed by atoms with Gasteiger partial charge in [0.1, 0.15) is 12.1 Å². The molecule has 1 N–H and O–H groups in total. The number of cyclic esters (lactones) is 1. The number of nitrogens with zero attached hydrogens (tertiary/aromatic N) is 1. The SMILES string of the molecule is CC(=O)N[C@@H]1C/C=C/CCC(=O)O[C@H](c2ccccc2)[C@H](C)N(C)C1=O. The lowest BCUT2D eigenvalue weighted by Crippen LogP contribution is -2.50. The first-order valence-electron chi connectivity index (χ1n) is 8.83. The average molecular weight is 358 g/mol. The molecule has 1 heterocycles. The summed E-state index contributed by atoms with van der Waals surface area (Å²) in [5.41, 5.74) is 0.830. The molecule has 3 atom stereocenters. The zero-order chi connectivity index (χ0) is 19.1. The van der Waals surface area contributed by atoms with Crippen LogP contribution in [0.4, 0.5) is 0 Å². The van der Waals surface area contributed by atoms with Crippen molar-refractivity contribution in [1.82, 2.24) is 10.2 Å². The Kier molecular flexibility index (Phi) is 6.95. The number of ether oxygens (including phenoxy) is 1. The second-order valence-electron chi connectivity index (χ2n) is 6.51. The number of amides is 2. The fourth-order valence-electron chi connectivity index (χ4n) is 2.96. The van der Waals surface area contributed by atoms with Gasteiger partial charge in [-0.2, -0.15) is 0 Å². The normalized spacial score (nSPS) is 26.3. The predicted octanol–water partition coefficient (Wildman–Crippen LogP) is 2.36. The largest absolute Gasteiger partial charge is 0.455 e. The first kappa shape index (κ1) is 19.7. The summed E-state index contributed by atoms with van der Waals surface area (Å²) < 4.78 is 5.70. The molecule has 2 amide bonds. The molecule has 0 spiro atoms. The summed E-state index contributed by atoms with van der Waals surface area (Å²) in [5, 5.41) is 2.71. The van der Waals surface area contributed by atoms with Crippen molar-refractivity contribution in [2.75, 3.05) is 7.05 Å². The first-order chi connectivity index (χ1) is 12.4. The van der Waals surface area contributed by atoms with E-state index in [-0.39, 0.29) is 30.2 Å². The third-order valence-corrected chi connectivity index (χ3v) is 4.51. The zero-order valence-electron chi connectivity index (χ0n) is 15.5. The molecule has 0 aliphatic carbocycles. The fraction of sp³-hybridized carbons (Fsp3) is 0.450. The van der Waals surface area contributed by atoms with Gasteiger partial charge in [-0.05, 0) is 25.3 Å². The minimum absolute atomic E-state index is 0.213. The second kappa shape index (κ2) is 9.17. The Morgan fingerprint density at radius 1 is 1.19 bits per heavy atom. The van der Waals surface area contributed by atoms with Crippen molar-refractivity contribution in [1.29, 1.82) is 0 Å². The van der Waals surface area contributed by atoms with Gasteiger partial charge >= 0.3 is 5.97 Å². The lowest BCUT2D eigenvalue weighted by Gasteiger charge is -2.34. The number of rotatable bonds is 2. The van der Waals surface area contributed by atoms with Crippen LogP contribution in [0.5, 0.6) is 0 Å². The maximum Gasteiger partial charge on any atom is 0.306 e. The molecule has 0 fully saturated rings. The van der Waals surface area contributed by atoms with E-state index in [0.717, 1.165) is 5.56 Å². The first-order valence-corrected chi connectivity index (χ1v) is 8.83. The molecule has 0 unspecified atom stereocenters. The van der Waals surface area contributed by atoms with Crippen molar-refractivity contribution in [2.45, 2.75) is 51.3 Å². The maximum atomic E-state index is 12.9. The van der Waals surface area contributed by atoms with Crippen molar-refractivity contribution in [3.63, 3.8) is 0 Å². The van der Waals surface area contributed by atoms with Gasteiger partial charge in [0.2, 0.25) is 11.8 Å². The topological polar surface area (TPSA) is 75.7 Å². The minimum atomic E-state index is -0.636. The molecular formula is C20H26N2O4. The van der Waals surface area contributed by atoms with E-state index in [1.54, 1.807) is 11.9 Å². The van der Waals surface area contributed by atoms with E-state index < -0.39 is 12.1 Å². The average Bonchev–Trinajstić information content (AvgIpc) is 2.62. The van der Waals surface area contributed by atoms with Gasteiger partial charge in [0.05, 0.1) is 6.04 Å². The molecule has 1 aromatic carbocycles. The molecule has 1 aliphatic heterocycles. The Bertz CT molecular complexity index is 672. The lowest BCUT2D eigenvalue weighted by molar-refractivity contribution is -0.156. The molecule has 6 heteroatoms. The van der Waals surface area contributed by atoms with Gasteiger partial charge < -0.3 is 15.0 Å². The number of allylic oxidation sites excluding steroid dienone is 1. The predicted molar refractivity (Wildman–Crippen MR) is 98.1 cm³/mol. The number of likely N-dealkylation sites (N-methyl/N-ethyl adjacent to an activating group) is 1. The Hall–Kier alpha value is -2.63. The van der Waals surface area contributed by atoms with Crippen LogP contribution in [-0.4, -0.2) is 41.8 Å². The molecule has 140 valence electrons. The quantitative estimate of drug-likeness (QED) is 0.650. The van der Waals surface area contributed by atoms with Gasteiger partial charge in [0.25, 0.3) is 0 Å². The standard InChI is InChI=1S/C20H26N2O4/c1-14-19(16-10-6-4-7-11-16)26-18(24)13-9-5-8-12-17(21-15(2)23)20(25)22(14)3/h4-8,10-11,14,17,19H,9,12-13H2,1-3H3,(H,21,23)/b8-5+/t14-,17+,19-/m0/s1. The number of carbonyl (C=O) groups excluding carboxylic acids is 3. The van der Waals surface area contributed by atoms with Gasteiger partial charge in [0, 0.05) is 20.4 Å². The van der Waals surface area contributed by atoms with Crippen molar-refractivity contribution >= 4 is 17.8 Å². The van der Waals surface area contributed by atoms with Crippen LogP contribution in [-0.2, 0) is 19.1 Å². The summed E-state index contributed by atoms with van der Waals surface area (Å²) in [6.45, 7) is 3.24. The summed E-state index contributed by atoms with van der Waals surface area (Å²) in [6, 6.07) is 8.37. The van der Waals surface area contributed by atoms with Crippen molar-refractivity contribution in [3.05, 3.63) is 48.0 Å². The fourth-order valence-corrected chi connectivity index (χ4v) is 2.96. The summed E-state index contributed by atoms with van der Waals surface area (Å²) in [5.74, 6) is -0.763. The van der Waals surface area contributed by atoms with E-state index in [1.165, 1.54) is 6.92 Å². The highest BCUT2D eigenvalue weighted by atomic mass is 16.5. The molecule has 26 heavy (non-hydrogen) atoms. The minimum Gasteiger partial charge on any atom is -0.455 e. The molecule has 6 nitrogen and oxygen atoms in total. The number of benzene rings is 1. The highest BCUT2D eigenvalue weighted by molar-refractivity contribution is 5.87. The van der Waals surface area contributed by atoms with Gasteiger partial charge in [-0.15, -0.1) is 0 Å². The third kappa shape index (κ3) is 5.18. The number of hydrogen-bond donors (Lipinski definition) is 1.